The van der Waals surface area contributed by atoms with Gasteiger partial charge in [0.1, 0.15) is 97.6 Å². The van der Waals surface area contributed by atoms with Gasteiger partial charge in [-0.05, 0) is 0 Å². The molecule has 1 amide bonds. The van der Waals surface area contributed by atoms with Gasteiger partial charge in [-0.1, -0.05) is 0 Å². The van der Waals surface area contributed by atoms with Crippen molar-refractivity contribution in [3.05, 3.63) is 0 Å². The number of nitrogens with one attached hydrogen (secondary N) is 1. The predicted octanol–water partition coefficient (Wildman–Crippen LogP) is -9.61. The Kier molecular flexibility index (Phi) is 13.8. The SMILES string of the molecule is CC(=O)N[C@@H]1[C@@H](O[C@@H]2O[C@H](CO)[C@H](O)[C@H](O[C@@H]3O[C@H](CO)[C@H](O[C@H]4O[C@H](CO)[C@H](O)[C@H](O)[C@H]4O)[C@H](O)[C@H]3O)[C@H]2O)[C@@H](O)[C@@H](CO)O[C@@H]1O. The van der Waals surface area contributed by atoms with Gasteiger partial charge in [0, 0.05) is 6.92 Å². The molecule has 0 aromatic rings. The van der Waals surface area contributed by atoms with Crippen LogP contribution in [0.3, 0.4) is 0 Å². The fourth-order valence-corrected chi connectivity index (χ4v) is 5.94. The molecular weight excluding hydrogens is 662 g/mol. The van der Waals surface area contributed by atoms with Crippen LogP contribution in [0.4, 0.5) is 0 Å². The van der Waals surface area contributed by atoms with Crippen molar-refractivity contribution in [3.63, 3.8) is 0 Å². The van der Waals surface area contributed by atoms with E-state index in [4.69, 9.17) is 33.2 Å². The molecule has 0 saturated carbocycles. The van der Waals surface area contributed by atoms with Gasteiger partial charge in [0.15, 0.2) is 25.2 Å². The zero-order chi connectivity index (χ0) is 35.6. The number of hydrogen-bond donors (Lipinski definition) is 14. The smallest absolute Gasteiger partial charge is 0.217 e. The monoisotopic (exact) mass is 707 g/mol. The number of carbonyl (C=O) groups is 1. The van der Waals surface area contributed by atoms with E-state index in [0.717, 1.165) is 6.92 Å². The molecule has 0 aromatic carbocycles. The van der Waals surface area contributed by atoms with E-state index in [1.165, 1.54) is 0 Å². The van der Waals surface area contributed by atoms with Gasteiger partial charge in [-0.15, -0.1) is 0 Å². The highest BCUT2D eigenvalue weighted by Gasteiger charge is 2.55. The first kappa shape index (κ1) is 39.5. The predicted molar refractivity (Wildman–Crippen MR) is 145 cm³/mol. The van der Waals surface area contributed by atoms with Crippen LogP contribution < -0.4 is 5.32 Å². The third kappa shape index (κ3) is 8.08. The molecule has 4 saturated heterocycles. The summed E-state index contributed by atoms with van der Waals surface area (Å²) in [7, 11) is 0. The standard InChI is InChI=1S/C26H45NO21/c1-6(32)27-11-21(13(34)8(3-29)42-23(11)41)47-26-19(40)22(14(35)9(4-30)44-26)48-25-18(39)16(37)20(10(5-31)45-25)46-24-17(38)15(36)12(33)7(2-28)43-24/h7-26,28-31,33-41H,2-5H2,1H3,(H,27,32)/t7-,8-,9-,10-,11-,12+,13+,14+,15+,16-,17-,18-,19-,20+,21-,22+,23+,24-,25+,26+/m1/s1. The lowest BCUT2D eigenvalue weighted by atomic mass is 9.95. The molecule has 0 radical (unpaired) electrons. The Labute approximate surface area is 272 Å². The first-order chi connectivity index (χ1) is 22.7. The van der Waals surface area contributed by atoms with Crippen molar-refractivity contribution in [3.8, 4) is 0 Å². The van der Waals surface area contributed by atoms with Crippen LogP contribution in [-0.2, 0) is 38.0 Å². The molecule has 0 aromatic heterocycles. The van der Waals surface area contributed by atoms with E-state index >= 15 is 0 Å². The molecule has 4 aliphatic rings. The molecular formula is C26H45NO21. The molecule has 0 aliphatic carbocycles. The summed E-state index contributed by atoms with van der Waals surface area (Å²) >= 11 is 0. The quantitative estimate of drug-likeness (QED) is 0.0947. The summed E-state index contributed by atoms with van der Waals surface area (Å²) in [6, 6.07) is -1.47. The number of carbonyl (C=O) groups excluding carboxylic acids is 1. The van der Waals surface area contributed by atoms with Gasteiger partial charge >= 0.3 is 0 Å². The Morgan fingerprint density at radius 1 is 0.500 bits per heavy atom. The summed E-state index contributed by atoms with van der Waals surface area (Å²) in [5, 5.41) is 137. The lowest BCUT2D eigenvalue weighted by Gasteiger charge is -2.49. The van der Waals surface area contributed by atoms with Gasteiger partial charge in [0.25, 0.3) is 0 Å². The topological polar surface area (TPSA) is 357 Å². The third-order valence-corrected chi connectivity index (χ3v) is 8.61. The fourth-order valence-electron chi connectivity index (χ4n) is 5.94. The molecule has 20 atom stereocenters. The van der Waals surface area contributed by atoms with E-state index in [-0.39, 0.29) is 0 Å². The molecule has 22 heteroatoms. The van der Waals surface area contributed by atoms with Crippen molar-refractivity contribution < 1.29 is 104 Å². The first-order valence-corrected chi connectivity index (χ1v) is 15.1. The van der Waals surface area contributed by atoms with Gasteiger partial charge in [-0.2, -0.15) is 0 Å². The number of aliphatic hydroxyl groups is 13. The highest BCUT2D eigenvalue weighted by atomic mass is 16.8. The maximum atomic E-state index is 11.8. The maximum absolute atomic E-state index is 11.8. The summed E-state index contributed by atoms with van der Waals surface area (Å²) in [6.45, 7) is -2.32. The molecule has 0 spiro atoms. The van der Waals surface area contributed by atoms with Crippen molar-refractivity contribution in [1.82, 2.24) is 5.32 Å². The largest absolute Gasteiger partial charge is 0.394 e. The molecule has 0 bridgehead atoms. The van der Waals surface area contributed by atoms with Gasteiger partial charge in [0.2, 0.25) is 5.91 Å². The van der Waals surface area contributed by atoms with Crippen molar-refractivity contribution in [2.75, 3.05) is 26.4 Å². The summed E-state index contributed by atoms with van der Waals surface area (Å²) < 4.78 is 38.2. The van der Waals surface area contributed by atoms with Crippen molar-refractivity contribution >= 4 is 5.91 Å². The minimum absolute atomic E-state index is 0.685. The Bertz CT molecular complexity index is 1030. The van der Waals surface area contributed by atoms with E-state index in [9.17, 15) is 71.2 Å². The lowest BCUT2D eigenvalue weighted by Crippen LogP contribution is -2.69. The van der Waals surface area contributed by atoms with E-state index in [0.29, 0.717) is 0 Å². The van der Waals surface area contributed by atoms with Crippen LogP contribution >= 0.6 is 0 Å². The van der Waals surface area contributed by atoms with Crippen molar-refractivity contribution in [2.24, 2.45) is 0 Å². The van der Waals surface area contributed by atoms with Gasteiger partial charge in [0.05, 0.1) is 26.4 Å². The molecule has 22 nitrogen and oxygen atoms in total. The Hall–Kier alpha value is -1.33. The number of ether oxygens (including phenoxy) is 7. The average molecular weight is 708 g/mol. The molecule has 4 aliphatic heterocycles. The Balaban J connectivity index is 1.51. The number of hydrogen-bond acceptors (Lipinski definition) is 21. The number of rotatable bonds is 11. The fraction of sp³-hybridized carbons (Fsp3) is 0.962. The van der Waals surface area contributed by atoms with E-state index in [1.54, 1.807) is 0 Å². The highest BCUT2D eigenvalue weighted by Crippen LogP contribution is 2.34. The minimum Gasteiger partial charge on any atom is -0.394 e. The van der Waals surface area contributed by atoms with E-state index in [2.05, 4.69) is 5.32 Å². The van der Waals surface area contributed by atoms with Gasteiger partial charge < -0.3 is 105 Å². The molecule has 48 heavy (non-hydrogen) atoms. The molecule has 4 heterocycles. The van der Waals surface area contributed by atoms with Crippen LogP contribution in [0.1, 0.15) is 6.92 Å². The Morgan fingerprint density at radius 3 is 1.46 bits per heavy atom. The zero-order valence-corrected chi connectivity index (χ0v) is 25.5. The number of aliphatic hydroxyl groups excluding tert-OH is 13. The third-order valence-electron chi connectivity index (χ3n) is 8.61. The highest BCUT2D eigenvalue weighted by molar-refractivity contribution is 5.73. The second kappa shape index (κ2) is 16.8. The molecule has 280 valence electrons. The second-order valence-electron chi connectivity index (χ2n) is 11.9. The van der Waals surface area contributed by atoms with E-state index in [1.807, 2.05) is 0 Å². The summed E-state index contributed by atoms with van der Waals surface area (Å²) in [4.78, 5) is 11.8. The van der Waals surface area contributed by atoms with Crippen LogP contribution in [0.2, 0.25) is 0 Å². The Morgan fingerprint density at radius 2 is 0.917 bits per heavy atom. The number of amides is 1. The summed E-state index contributed by atoms with van der Waals surface area (Å²) in [5.41, 5.74) is 0. The molecule has 14 N–H and O–H groups in total. The van der Waals surface area contributed by atoms with E-state index < -0.39 is 155 Å². The lowest BCUT2D eigenvalue weighted by molar-refractivity contribution is -0.385. The summed E-state index contributed by atoms with van der Waals surface area (Å²) in [5.74, 6) is -0.685. The molecule has 4 fully saturated rings. The van der Waals surface area contributed by atoms with Gasteiger partial charge in [-0.25, -0.2) is 0 Å². The van der Waals surface area contributed by atoms with Crippen molar-refractivity contribution in [1.29, 1.82) is 0 Å². The zero-order valence-electron chi connectivity index (χ0n) is 25.5. The van der Waals surface area contributed by atoms with Crippen molar-refractivity contribution in [2.45, 2.75) is 130 Å². The summed E-state index contributed by atoms with van der Waals surface area (Å²) in [6.07, 6.45) is -33.7. The second-order valence-corrected chi connectivity index (χ2v) is 11.9. The average Bonchev–Trinajstić information content (AvgIpc) is 3.06. The maximum Gasteiger partial charge on any atom is 0.217 e. The molecule has 0 unspecified atom stereocenters. The van der Waals surface area contributed by atoms with Gasteiger partial charge in [-0.3, -0.25) is 4.79 Å². The minimum atomic E-state index is -2.07. The van der Waals surface area contributed by atoms with Crippen LogP contribution in [0.25, 0.3) is 0 Å². The van der Waals surface area contributed by atoms with Crippen LogP contribution in [0.5, 0.6) is 0 Å². The van der Waals surface area contributed by atoms with Crippen LogP contribution in [0, 0.1) is 0 Å². The normalized spacial score (nSPS) is 50.2. The van der Waals surface area contributed by atoms with Crippen LogP contribution in [0.15, 0.2) is 0 Å². The molecule has 4 rings (SSSR count). The van der Waals surface area contributed by atoms with Crippen LogP contribution in [-0.4, -0.2) is 221 Å². The first-order valence-electron chi connectivity index (χ1n) is 15.1.